The topological polar surface area (TPSA) is 35.8 Å². The molecule has 0 atom stereocenters. The second kappa shape index (κ2) is 4.34. The van der Waals surface area contributed by atoms with Gasteiger partial charge in [-0.25, -0.2) is 0 Å². The predicted octanol–water partition coefficient (Wildman–Crippen LogP) is 3.30. The Balaban J connectivity index is 2.55. The van der Waals surface area contributed by atoms with Gasteiger partial charge in [-0.3, -0.25) is 0 Å². The molecule has 2 nitrogen and oxygen atoms in total. The molecule has 3 heteroatoms. The maximum absolute atomic E-state index is 8.81. The van der Waals surface area contributed by atoms with Gasteiger partial charge in [0.05, 0.1) is 11.5 Å². The number of anilines is 1. The first kappa shape index (κ1) is 10.9. The van der Waals surface area contributed by atoms with E-state index in [4.69, 9.17) is 16.9 Å². The van der Waals surface area contributed by atoms with Crippen molar-refractivity contribution in [2.24, 2.45) is 5.41 Å². The van der Waals surface area contributed by atoms with Gasteiger partial charge in [0.15, 0.2) is 0 Å². The minimum Gasteiger partial charge on any atom is -0.383 e. The predicted molar refractivity (Wildman–Crippen MR) is 59.3 cm³/mol. The summed E-state index contributed by atoms with van der Waals surface area (Å²) in [4.78, 5) is 0. The highest BCUT2D eigenvalue weighted by Gasteiger charge is 2.15. The summed E-state index contributed by atoms with van der Waals surface area (Å²) in [6.07, 6.45) is 0. The molecule has 1 N–H and O–H groups in total. The molecule has 1 aromatic carbocycles. The van der Waals surface area contributed by atoms with E-state index in [1.54, 1.807) is 0 Å². The first-order chi connectivity index (χ1) is 6.53. The number of nitrogens with zero attached hydrogens (tertiary/aromatic N) is 1. The molecule has 0 heterocycles. The Morgan fingerprint density at radius 2 is 1.93 bits per heavy atom. The number of benzene rings is 1. The zero-order valence-corrected chi connectivity index (χ0v) is 9.10. The fraction of sp³-hybridized carbons (Fsp3) is 0.364. The van der Waals surface area contributed by atoms with Crippen molar-refractivity contribution in [3.8, 4) is 6.07 Å². The Labute approximate surface area is 89.5 Å². The molecule has 1 aromatic rings. The van der Waals surface area contributed by atoms with Gasteiger partial charge in [-0.15, -0.1) is 0 Å². The quantitative estimate of drug-likeness (QED) is 0.828. The smallest absolute Gasteiger partial charge is 0.0702 e. The van der Waals surface area contributed by atoms with Crippen molar-refractivity contribution in [3.05, 3.63) is 29.3 Å². The Morgan fingerprint density at radius 1 is 1.36 bits per heavy atom. The van der Waals surface area contributed by atoms with E-state index < -0.39 is 0 Å². The van der Waals surface area contributed by atoms with Gasteiger partial charge in [-0.05, 0) is 38.1 Å². The van der Waals surface area contributed by atoms with Gasteiger partial charge in [-0.2, -0.15) is 5.26 Å². The maximum Gasteiger partial charge on any atom is 0.0702 e. The molecule has 14 heavy (non-hydrogen) atoms. The molecule has 0 fully saturated rings. The largest absolute Gasteiger partial charge is 0.383 e. The summed E-state index contributed by atoms with van der Waals surface area (Å²) in [7, 11) is 0. The van der Waals surface area contributed by atoms with Gasteiger partial charge < -0.3 is 5.32 Å². The van der Waals surface area contributed by atoms with E-state index in [1.807, 2.05) is 38.1 Å². The minimum atomic E-state index is -0.348. The SMILES string of the molecule is CC(C)(C#N)CNc1ccc(Cl)cc1. The molecule has 1 rings (SSSR count). The fourth-order valence-corrected chi connectivity index (χ4v) is 1.06. The number of nitrogens with one attached hydrogen (secondary N) is 1. The number of hydrogen-bond donors (Lipinski definition) is 1. The summed E-state index contributed by atoms with van der Waals surface area (Å²) in [5.41, 5.74) is 0.636. The van der Waals surface area contributed by atoms with Crippen LogP contribution in [0.4, 0.5) is 5.69 Å². The van der Waals surface area contributed by atoms with E-state index in [1.165, 1.54) is 0 Å². The normalized spacial score (nSPS) is 10.7. The molecule has 0 spiro atoms. The van der Waals surface area contributed by atoms with Crippen molar-refractivity contribution in [1.82, 2.24) is 0 Å². The van der Waals surface area contributed by atoms with E-state index in [0.717, 1.165) is 10.7 Å². The van der Waals surface area contributed by atoms with Crippen molar-refractivity contribution in [2.45, 2.75) is 13.8 Å². The van der Waals surface area contributed by atoms with E-state index in [0.29, 0.717) is 6.54 Å². The monoisotopic (exact) mass is 208 g/mol. The van der Waals surface area contributed by atoms with Gasteiger partial charge in [0, 0.05) is 17.3 Å². The summed E-state index contributed by atoms with van der Waals surface area (Å²) in [5, 5.41) is 12.7. The molecule has 0 unspecified atom stereocenters. The van der Waals surface area contributed by atoms with Crippen LogP contribution in [0.2, 0.25) is 5.02 Å². The minimum absolute atomic E-state index is 0.348. The lowest BCUT2D eigenvalue weighted by Gasteiger charge is -2.16. The van der Waals surface area contributed by atoms with Crippen molar-refractivity contribution in [1.29, 1.82) is 5.26 Å². The lowest BCUT2D eigenvalue weighted by molar-refractivity contribution is 0.529. The molecule has 0 aliphatic rings. The molecule has 74 valence electrons. The van der Waals surface area contributed by atoms with Crippen molar-refractivity contribution in [2.75, 3.05) is 11.9 Å². The van der Waals surface area contributed by atoms with Crippen LogP contribution in [0.15, 0.2) is 24.3 Å². The molecule has 0 radical (unpaired) electrons. The van der Waals surface area contributed by atoms with Crippen molar-refractivity contribution < 1.29 is 0 Å². The zero-order valence-electron chi connectivity index (χ0n) is 8.34. The molecular weight excluding hydrogens is 196 g/mol. The average Bonchev–Trinajstić information content (AvgIpc) is 2.17. The van der Waals surface area contributed by atoms with E-state index in [9.17, 15) is 0 Å². The highest BCUT2D eigenvalue weighted by molar-refractivity contribution is 6.30. The Kier molecular flexibility index (Phi) is 3.38. The molecule has 0 aromatic heterocycles. The third-order valence-corrected chi connectivity index (χ3v) is 2.13. The van der Waals surface area contributed by atoms with Crippen LogP contribution in [0, 0.1) is 16.7 Å². The zero-order chi connectivity index (χ0) is 10.6. The molecular formula is C11H13ClN2. The van der Waals surface area contributed by atoms with Crippen LogP contribution in [0.3, 0.4) is 0 Å². The average molecular weight is 209 g/mol. The van der Waals surface area contributed by atoms with E-state index in [-0.39, 0.29) is 5.41 Å². The first-order valence-corrected chi connectivity index (χ1v) is 4.82. The van der Waals surface area contributed by atoms with Crippen molar-refractivity contribution >= 4 is 17.3 Å². The second-order valence-electron chi connectivity index (χ2n) is 3.86. The summed E-state index contributed by atoms with van der Waals surface area (Å²) in [6, 6.07) is 9.68. The number of rotatable bonds is 3. The summed E-state index contributed by atoms with van der Waals surface area (Å²) in [6.45, 7) is 4.43. The first-order valence-electron chi connectivity index (χ1n) is 4.44. The molecule has 0 amide bonds. The molecule has 0 bridgehead atoms. The third kappa shape index (κ3) is 3.27. The van der Waals surface area contributed by atoms with Crippen LogP contribution in [0.1, 0.15) is 13.8 Å². The standard InChI is InChI=1S/C11H13ClN2/c1-11(2,7-13)8-14-10-5-3-9(12)4-6-10/h3-6,14H,8H2,1-2H3. The Hall–Kier alpha value is -1.20. The van der Waals surface area contributed by atoms with Gasteiger partial charge in [0.25, 0.3) is 0 Å². The maximum atomic E-state index is 8.81. The highest BCUT2D eigenvalue weighted by atomic mass is 35.5. The molecule has 0 aliphatic heterocycles. The van der Waals surface area contributed by atoms with Gasteiger partial charge in [0.1, 0.15) is 0 Å². The van der Waals surface area contributed by atoms with Crippen LogP contribution >= 0.6 is 11.6 Å². The lowest BCUT2D eigenvalue weighted by Crippen LogP contribution is -2.20. The number of hydrogen-bond acceptors (Lipinski definition) is 2. The van der Waals surface area contributed by atoms with E-state index in [2.05, 4.69) is 11.4 Å². The lowest BCUT2D eigenvalue weighted by atomic mass is 9.96. The summed E-state index contributed by atoms with van der Waals surface area (Å²) >= 11 is 5.75. The molecule has 0 aliphatic carbocycles. The third-order valence-electron chi connectivity index (χ3n) is 1.88. The van der Waals surface area contributed by atoms with Gasteiger partial charge in [0.2, 0.25) is 0 Å². The Morgan fingerprint density at radius 3 is 2.43 bits per heavy atom. The van der Waals surface area contributed by atoms with Crippen LogP contribution in [-0.2, 0) is 0 Å². The molecule has 0 saturated carbocycles. The molecule has 0 saturated heterocycles. The fourth-order valence-electron chi connectivity index (χ4n) is 0.930. The number of halogens is 1. The van der Waals surface area contributed by atoms with Crippen molar-refractivity contribution in [3.63, 3.8) is 0 Å². The van der Waals surface area contributed by atoms with Gasteiger partial charge >= 0.3 is 0 Å². The van der Waals surface area contributed by atoms with Gasteiger partial charge in [-0.1, -0.05) is 11.6 Å². The second-order valence-corrected chi connectivity index (χ2v) is 4.29. The van der Waals surface area contributed by atoms with Crippen LogP contribution in [0.5, 0.6) is 0 Å². The van der Waals surface area contributed by atoms with E-state index >= 15 is 0 Å². The van der Waals surface area contributed by atoms with Crippen LogP contribution in [0.25, 0.3) is 0 Å². The highest BCUT2D eigenvalue weighted by Crippen LogP contribution is 2.17. The Bertz CT molecular complexity index is 335. The van der Waals surface area contributed by atoms with Crippen LogP contribution < -0.4 is 5.32 Å². The number of nitriles is 1. The summed E-state index contributed by atoms with van der Waals surface area (Å²) in [5.74, 6) is 0. The van der Waals surface area contributed by atoms with Crippen LogP contribution in [-0.4, -0.2) is 6.54 Å². The summed E-state index contributed by atoms with van der Waals surface area (Å²) < 4.78 is 0.